The summed E-state index contributed by atoms with van der Waals surface area (Å²) >= 11 is 1.83. The minimum atomic E-state index is 0. The molecule has 7 heteroatoms. The lowest BCUT2D eigenvalue weighted by molar-refractivity contribution is 0.122. The first kappa shape index (κ1) is 18.5. The molecular weight excluding hydrogens is 418 g/mol. The number of ether oxygens (including phenoxy) is 1. The van der Waals surface area contributed by atoms with Gasteiger partial charge in [-0.05, 0) is 48.4 Å². The average Bonchev–Trinajstić information content (AvgIpc) is 3.23. The van der Waals surface area contributed by atoms with Crippen LogP contribution < -0.4 is 4.90 Å². The standard InChI is InChI=1S/C25H23N5OS.H2/c1-2-15-10-18(15)11-16(3-1)21-13-20-22(32-21)25(30-6-8-31-9-7-30)29-24(28-20)19-12-17-4-5-26-23(17)27-14-19;/h1-2,4-5,11-15,18H,3,6-10H2,(H,26,27);1H. The first-order valence-corrected chi connectivity index (χ1v) is 12.1. The van der Waals surface area contributed by atoms with Gasteiger partial charge in [-0.3, -0.25) is 0 Å². The number of H-pyrrole nitrogens is 1. The summed E-state index contributed by atoms with van der Waals surface area (Å²) in [7, 11) is 0. The minimum absolute atomic E-state index is 0. The first-order valence-electron chi connectivity index (χ1n) is 11.3. The topological polar surface area (TPSA) is 66.9 Å². The molecule has 2 fully saturated rings. The van der Waals surface area contributed by atoms with E-state index in [1.54, 1.807) is 0 Å². The number of aromatic nitrogens is 4. The number of nitrogens with one attached hydrogen (secondary N) is 1. The molecule has 6 nitrogen and oxygen atoms in total. The van der Waals surface area contributed by atoms with Gasteiger partial charge in [0.2, 0.25) is 0 Å². The van der Waals surface area contributed by atoms with Gasteiger partial charge in [0.05, 0.1) is 23.4 Å². The maximum Gasteiger partial charge on any atom is 0.163 e. The van der Waals surface area contributed by atoms with Crippen molar-refractivity contribution in [3.63, 3.8) is 0 Å². The van der Waals surface area contributed by atoms with Crippen LogP contribution in [0.25, 0.3) is 38.2 Å². The normalized spacial score (nSPS) is 22.8. The number of aromatic amines is 1. The Hall–Kier alpha value is -3.03. The Balaban J connectivity index is 0.00000206. The quantitative estimate of drug-likeness (QED) is 0.436. The maximum absolute atomic E-state index is 5.61. The predicted octanol–water partition coefficient (Wildman–Crippen LogP) is 5.30. The fraction of sp³-hybridized carbons (Fsp3) is 0.320. The Morgan fingerprint density at radius 3 is 3.03 bits per heavy atom. The molecule has 1 saturated heterocycles. The van der Waals surface area contributed by atoms with Crippen molar-refractivity contribution in [2.24, 2.45) is 11.8 Å². The highest BCUT2D eigenvalue weighted by Gasteiger charge is 2.34. The van der Waals surface area contributed by atoms with Crippen LogP contribution in [0, 0.1) is 11.8 Å². The summed E-state index contributed by atoms with van der Waals surface area (Å²) in [6, 6.07) is 6.41. The number of thiophene rings is 1. The Morgan fingerprint density at radius 1 is 1.16 bits per heavy atom. The van der Waals surface area contributed by atoms with E-state index in [1.165, 1.54) is 21.6 Å². The second-order valence-corrected chi connectivity index (χ2v) is 9.87. The molecule has 1 N–H and O–H groups in total. The molecule has 0 radical (unpaired) electrons. The molecule has 3 aliphatic rings. The summed E-state index contributed by atoms with van der Waals surface area (Å²) in [6.07, 6.45) is 13.3. The van der Waals surface area contributed by atoms with Crippen LogP contribution in [-0.2, 0) is 4.74 Å². The van der Waals surface area contributed by atoms with Gasteiger partial charge in [-0.1, -0.05) is 18.2 Å². The van der Waals surface area contributed by atoms with Gasteiger partial charge in [-0.2, -0.15) is 0 Å². The molecule has 0 bridgehead atoms. The summed E-state index contributed by atoms with van der Waals surface area (Å²) in [6.45, 7) is 3.16. The summed E-state index contributed by atoms with van der Waals surface area (Å²) in [4.78, 5) is 21.5. The lowest BCUT2D eigenvalue weighted by Crippen LogP contribution is -2.36. The molecule has 2 unspecified atom stereocenters. The largest absolute Gasteiger partial charge is 0.378 e. The first-order chi connectivity index (χ1) is 15.8. The van der Waals surface area contributed by atoms with Gasteiger partial charge in [-0.15, -0.1) is 11.3 Å². The summed E-state index contributed by atoms with van der Waals surface area (Å²) in [5.74, 6) is 3.23. The number of nitrogens with zero attached hydrogens (tertiary/aromatic N) is 4. The number of allylic oxidation sites excluding steroid dienone is 4. The van der Waals surface area contributed by atoms with Crippen molar-refractivity contribution in [1.29, 1.82) is 0 Å². The lowest BCUT2D eigenvalue weighted by Gasteiger charge is -2.28. The molecule has 0 aromatic carbocycles. The van der Waals surface area contributed by atoms with Crippen LogP contribution in [0.3, 0.4) is 0 Å². The van der Waals surface area contributed by atoms with E-state index in [0.717, 1.165) is 72.4 Å². The fourth-order valence-electron chi connectivity index (χ4n) is 4.78. The number of hydrogen-bond acceptors (Lipinski definition) is 6. The summed E-state index contributed by atoms with van der Waals surface area (Å²) in [5.41, 5.74) is 4.28. The van der Waals surface area contributed by atoms with Gasteiger partial charge < -0.3 is 14.6 Å². The molecule has 1 saturated carbocycles. The van der Waals surface area contributed by atoms with E-state index in [-0.39, 0.29) is 1.43 Å². The molecule has 0 spiro atoms. The Labute approximate surface area is 191 Å². The number of rotatable bonds is 3. The van der Waals surface area contributed by atoms with Crippen LogP contribution in [0.5, 0.6) is 0 Å². The van der Waals surface area contributed by atoms with Gasteiger partial charge in [0.1, 0.15) is 5.65 Å². The minimum Gasteiger partial charge on any atom is -0.378 e. The molecular formula is C25H25N5OS. The third-order valence-electron chi connectivity index (χ3n) is 6.67. The molecule has 1 aliphatic heterocycles. The van der Waals surface area contributed by atoms with Crippen LogP contribution in [0.15, 0.2) is 48.8 Å². The maximum atomic E-state index is 5.61. The molecule has 7 rings (SSSR count). The van der Waals surface area contributed by atoms with Crippen molar-refractivity contribution >= 4 is 44.0 Å². The van der Waals surface area contributed by atoms with Gasteiger partial charge in [-0.25, -0.2) is 15.0 Å². The van der Waals surface area contributed by atoms with E-state index in [2.05, 4.69) is 45.2 Å². The van der Waals surface area contributed by atoms with Gasteiger partial charge in [0.25, 0.3) is 0 Å². The van der Waals surface area contributed by atoms with E-state index in [0.29, 0.717) is 5.92 Å². The highest BCUT2D eigenvalue weighted by Crippen LogP contribution is 2.46. The van der Waals surface area contributed by atoms with Crippen LogP contribution in [0.1, 0.15) is 19.1 Å². The SMILES string of the molecule is C1=CC2CC2C=C(c2cc3nc(-c4cnc5[nH]ccc5c4)nc(N4CCOCC4)c3s2)C1.[HH]. The molecule has 2 atom stereocenters. The van der Waals surface area contributed by atoms with Crippen molar-refractivity contribution < 1.29 is 6.16 Å². The highest BCUT2D eigenvalue weighted by molar-refractivity contribution is 7.20. The molecule has 32 heavy (non-hydrogen) atoms. The molecule has 0 amide bonds. The number of morpholine rings is 1. The lowest BCUT2D eigenvalue weighted by atomic mass is 10.1. The van der Waals surface area contributed by atoms with Gasteiger partial charge in [0, 0.05) is 42.7 Å². The zero-order valence-corrected chi connectivity index (χ0v) is 18.4. The number of fused-ring (bicyclic) bond motifs is 3. The van der Waals surface area contributed by atoms with Gasteiger partial charge in [0.15, 0.2) is 11.6 Å². The Bertz CT molecular complexity index is 1400. The molecule has 162 valence electrons. The number of anilines is 1. The summed E-state index contributed by atoms with van der Waals surface area (Å²) < 4.78 is 6.78. The zero-order valence-electron chi connectivity index (χ0n) is 17.6. The van der Waals surface area contributed by atoms with Crippen molar-refractivity contribution in [3.05, 3.63) is 53.7 Å². The van der Waals surface area contributed by atoms with E-state index in [4.69, 9.17) is 14.7 Å². The van der Waals surface area contributed by atoms with E-state index >= 15 is 0 Å². The second kappa shape index (κ2) is 7.25. The van der Waals surface area contributed by atoms with E-state index in [1.807, 2.05) is 29.8 Å². The molecule has 2 aliphatic carbocycles. The monoisotopic (exact) mass is 443 g/mol. The molecule has 5 heterocycles. The van der Waals surface area contributed by atoms with Crippen LogP contribution in [-0.4, -0.2) is 46.2 Å². The third kappa shape index (κ3) is 3.15. The van der Waals surface area contributed by atoms with Crippen molar-refractivity contribution in [2.75, 3.05) is 31.2 Å². The second-order valence-electron chi connectivity index (χ2n) is 8.82. The average molecular weight is 444 g/mol. The molecule has 4 aromatic heterocycles. The number of pyridine rings is 1. The third-order valence-corrected chi connectivity index (χ3v) is 7.86. The van der Waals surface area contributed by atoms with E-state index < -0.39 is 0 Å². The van der Waals surface area contributed by atoms with Gasteiger partial charge >= 0.3 is 0 Å². The molecule has 4 aromatic rings. The van der Waals surface area contributed by atoms with Crippen LogP contribution >= 0.6 is 11.3 Å². The van der Waals surface area contributed by atoms with E-state index in [9.17, 15) is 0 Å². The van der Waals surface area contributed by atoms with Crippen LogP contribution in [0.2, 0.25) is 0 Å². The fourth-order valence-corrected chi connectivity index (χ4v) is 5.93. The zero-order chi connectivity index (χ0) is 21.1. The Kier molecular flexibility index (Phi) is 4.20. The Morgan fingerprint density at radius 2 is 2.09 bits per heavy atom. The van der Waals surface area contributed by atoms with Crippen molar-refractivity contribution in [2.45, 2.75) is 12.8 Å². The van der Waals surface area contributed by atoms with Crippen LogP contribution in [0.4, 0.5) is 5.82 Å². The van der Waals surface area contributed by atoms with Crippen molar-refractivity contribution in [3.8, 4) is 11.4 Å². The highest BCUT2D eigenvalue weighted by atomic mass is 32.1. The smallest absolute Gasteiger partial charge is 0.163 e. The summed E-state index contributed by atoms with van der Waals surface area (Å²) in [5, 5.41) is 1.07. The van der Waals surface area contributed by atoms with Crippen molar-refractivity contribution in [1.82, 2.24) is 19.9 Å². The predicted molar refractivity (Wildman–Crippen MR) is 131 cm³/mol. The number of hydrogen-bond donors (Lipinski definition) is 1.